The first-order chi connectivity index (χ1) is 10.5. The minimum Gasteiger partial charge on any atom is -0.379 e. The van der Waals surface area contributed by atoms with Crippen LogP contribution in [0.5, 0.6) is 0 Å². The van der Waals surface area contributed by atoms with E-state index >= 15 is 0 Å². The van der Waals surface area contributed by atoms with Crippen molar-refractivity contribution in [1.82, 2.24) is 10.2 Å². The number of carbonyl (C=O) groups excluding carboxylic acids is 1. The zero-order valence-electron chi connectivity index (χ0n) is 14.0. The van der Waals surface area contributed by atoms with Crippen LogP contribution in [-0.4, -0.2) is 43.7 Å². The first-order valence-electron chi connectivity index (χ1n) is 8.23. The van der Waals surface area contributed by atoms with Gasteiger partial charge in [0.15, 0.2) is 0 Å². The van der Waals surface area contributed by atoms with E-state index < -0.39 is 0 Å². The summed E-state index contributed by atoms with van der Waals surface area (Å²) in [5, 5.41) is 3.08. The molecule has 2 rings (SSSR count). The quantitative estimate of drug-likeness (QED) is 0.877. The summed E-state index contributed by atoms with van der Waals surface area (Å²) in [4.78, 5) is 14.3. The van der Waals surface area contributed by atoms with Gasteiger partial charge in [0, 0.05) is 13.1 Å². The number of amides is 1. The molecule has 0 spiro atoms. The molecule has 0 aromatic heterocycles. The number of hydrogen-bond donors (Lipinski definition) is 1. The predicted octanol–water partition coefficient (Wildman–Crippen LogP) is 2.39. The summed E-state index contributed by atoms with van der Waals surface area (Å²) >= 11 is 0. The highest BCUT2D eigenvalue weighted by Gasteiger charge is 2.16. The van der Waals surface area contributed by atoms with E-state index in [2.05, 4.69) is 48.3 Å². The van der Waals surface area contributed by atoms with E-state index in [4.69, 9.17) is 4.74 Å². The summed E-state index contributed by atoms with van der Waals surface area (Å²) in [6.45, 7) is 10.1. The molecule has 0 radical (unpaired) electrons. The van der Waals surface area contributed by atoms with E-state index in [1.54, 1.807) is 0 Å². The molecule has 1 amide bonds. The van der Waals surface area contributed by atoms with Crippen molar-refractivity contribution in [2.75, 3.05) is 32.8 Å². The minimum absolute atomic E-state index is 0.0432. The lowest BCUT2D eigenvalue weighted by molar-refractivity contribution is -0.123. The molecule has 122 valence electrons. The lowest BCUT2D eigenvalue weighted by atomic mass is 10.00. The van der Waals surface area contributed by atoms with Crippen molar-refractivity contribution in [3.8, 4) is 0 Å². The number of carbonyl (C=O) groups is 1. The van der Waals surface area contributed by atoms with E-state index in [1.807, 2.05) is 6.92 Å². The molecule has 1 atom stereocenters. The fourth-order valence-electron chi connectivity index (χ4n) is 2.75. The number of morpholine rings is 1. The van der Waals surface area contributed by atoms with E-state index in [1.165, 1.54) is 5.56 Å². The van der Waals surface area contributed by atoms with Gasteiger partial charge in [0.1, 0.15) is 0 Å². The molecule has 1 aliphatic heterocycles. The van der Waals surface area contributed by atoms with Crippen LogP contribution < -0.4 is 5.32 Å². The molecule has 4 heteroatoms. The Balaban J connectivity index is 1.82. The number of benzene rings is 1. The van der Waals surface area contributed by atoms with Crippen LogP contribution in [0.15, 0.2) is 24.3 Å². The Labute approximate surface area is 133 Å². The van der Waals surface area contributed by atoms with Crippen LogP contribution in [-0.2, 0) is 16.0 Å². The summed E-state index contributed by atoms with van der Waals surface area (Å²) in [6, 6.07) is 8.62. The maximum absolute atomic E-state index is 12.1. The average Bonchev–Trinajstić information content (AvgIpc) is 2.48. The molecule has 0 saturated carbocycles. The van der Waals surface area contributed by atoms with Crippen LogP contribution in [0.2, 0.25) is 0 Å². The number of nitrogens with zero attached hydrogens (tertiary/aromatic N) is 1. The molecule has 1 fully saturated rings. The van der Waals surface area contributed by atoms with Gasteiger partial charge in [0.05, 0.1) is 25.8 Å². The standard InChI is InChI=1S/C18H28N2O2/c1-14(2)12-16-4-6-17(7-5-16)15(3)19-18(21)13-20-8-10-22-11-9-20/h4-7,14-15H,8-13H2,1-3H3,(H,19,21)/t15-/m0/s1. The van der Waals surface area contributed by atoms with Crippen LogP contribution in [0.4, 0.5) is 0 Å². The van der Waals surface area contributed by atoms with Crippen molar-refractivity contribution in [3.05, 3.63) is 35.4 Å². The normalized spacial score (nSPS) is 17.5. The summed E-state index contributed by atoms with van der Waals surface area (Å²) < 4.78 is 5.30. The third-order valence-electron chi connectivity index (χ3n) is 3.97. The van der Waals surface area contributed by atoms with Gasteiger partial charge in [-0.25, -0.2) is 0 Å². The molecule has 1 N–H and O–H groups in total. The lowest BCUT2D eigenvalue weighted by Crippen LogP contribution is -2.43. The van der Waals surface area contributed by atoms with E-state index in [0.717, 1.165) is 38.3 Å². The van der Waals surface area contributed by atoms with Crippen LogP contribution in [0.1, 0.15) is 37.9 Å². The largest absolute Gasteiger partial charge is 0.379 e. The second-order valence-electron chi connectivity index (χ2n) is 6.52. The zero-order chi connectivity index (χ0) is 15.9. The van der Waals surface area contributed by atoms with Crippen molar-refractivity contribution in [2.45, 2.75) is 33.2 Å². The third kappa shape index (κ3) is 5.43. The maximum atomic E-state index is 12.1. The van der Waals surface area contributed by atoms with Crippen LogP contribution in [0.3, 0.4) is 0 Å². The van der Waals surface area contributed by atoms with Crippen LogP contribution in [0.25, 0.3) is 0 Å². The van der Waals surface area contributed by atoms with Crippen molar-refractivity contribution in [2.24, 2.45) is 5.92 Å². The first kappa shape index (κ1) is 17.0. The van der Waals surface area contributed by atoms with Crippen LogP contribution >= 0.6 is 0 Å². The fourth-order valence-corrected chi connectivity index (χ4v) is 2.75. The molecule has 1 aromatic rings. The third-order valence-corrected chi connectivity index (χ3v) is 3.97. The first-order valence-corrected chi connectivity index (χ1v) is 8.23. The van der Waals surface area contributed by atoms with Gasteiger partial charge in [-0.2, -0.15) is 0 Å². The Hall–Kier alpha value is -1.39. The molecule has 22 heavy (non-hydrogen) atoms. The molecule has 1 aliphatic rings. The number of nitrogens with one attached hydrogen (secondary N) is 1. The number of rotatable bonds is 6. The fraction of sp³-hybridized carbons (Fsp3) is 0.611. The van der Waals surface area contributed by atoms with Gasteiger partial charge in [-0.05, 0) is 30.4 Å². The van der Waals surface area contributed by atoms with Gasteiger partial charge in [-0.15, -0.1) is 0 Å². The molecular formula is C18H28N2O2. The van der Waals surface area contributed by atoms with Crippen molar-refractivity contribution in [1.29, 1.82) is 0 Å². The summed E-state index contributed by atoms with van der Waals surface area (Å²) in [5.41, 5.74) is 2.51. The lowest BCUT2D eigenvalue weighted by Gasteiger charge is -2.26. The van der Waals surface area contributed by atoms with Crippen LogP contribution in [0, 0.1) is 5.92 Å². The Morgan fingerprint density at radius 1 is 1.18 bits per heavy atom. The predicted molar refractivity (Wildman–Crippen MR) is 88.8 cm³/mol. The summed E-state index contributed by atoms with van der Waals surface area (Å²) in [5.74, 6) is 0.747. The number of hydrogen-bond acceptors (Lipinski definition) is 3. The summed E-state index contributed by atoms with van der Waals surface area (Å²) in [7, 11) is 0. The second-order valence-corrected chi connectivity index (χ2v) is 6.52. The Kier molecular flexibility index (Phi) is 6.40. The van der Waals surface area contributed by atoms with E-state index in [-0.39, 0.29) is 11.9 Å². The second kappa shape index (κ2) is 8.30. The SMILES string of the molecule is CC(C)Cc1ccc([C@H](C)NC(=O)CN2CCOCC2)cc1. The van der Waals surface area contributed by atoms with Gasteiger partial charge >= 0.3 is 0 Å². The molecule has 1 heterocycles. The van der Waals surface area contributed by atoms with E-state index in [9.17, 15) is 4.79 Å². The monoisotopic (exact) mass is 304 g/mol. The minimum atomic E-state index is 0.0432. The van der Waals surface area contributed by atoms with Gasteiger partial charge < -0.3 is 10.1 Å². The summed E-state index contributed by atoms with van der Waals surface area (Å²) in [6.07, 6.45) is 1.10. The zero-order valence-corrected chi connectivity index (χ0v) is 14.0. The molecule has 4 nitrogen and oxygen atoms in total. The Bertz CT molecular complexity index is 464. The van der Waals surface area contributed by atoms with Gasteiger partial charge in [0.2, 0.25) is 5.91 Å². The van der Waals surface area contributed by atoms with E-state index in [0.29, 0.717) is 12.5 Å². The maximum Gasteiger partial charge on any atom is 0.234 e. The number of ether oxygens (including phenoxy) is 1. The average molecular weight is 304 g/mol. The van der Waals surface area contributed by atoms with Gasteiger partial charge in [-0.1, -0.05) is 38.1 Å². The molecule has 0 bridgehead atoms. The Morgan fingerprint density at radius 2 is 1.82 bits per heavy atom. The van der Waals surface area contributed by atoms with Crippen molar-refractivity contribution >= 4 is 5.91 Å². The highest BCUT2D eigenvalue weighted by atomic mass is 16.5. The van der Waals surface area contributed by atoms with Gasteiger partial charge in [-0.3, -0.25) is 9.69 Å². The smallest absolute Gasteiger partial charge is 0.234 e. The highest BCUT2D eigenvalue weighted by molar-refractivity contribution is 5.78. The van der Waals surface area contributed by atoms with Crippen molar-refractivity contribution < 1.29 is 9.53 Å². The van der Waals surface area contributed by atoms with Crippen molar-refractivity contribution in [3.63, 3.8) is 0 Å². The highest BCUT2D eigenvalue weighted by Crippen LogP contribution is 2.15. The Morgan fingerprint density at radius 3 is 2.41 bits per heavy atom. The molecule has 1 saturated heterocycles. The molecule has 0 aliphatic carbocycles. The topological polar surface area (TPSA) is 41.6 Å². The molecule has 1 aromatic carbocycles. The molecular weight excluding hydrogens is 276 g/mol. The molecule has 0 unspecified atom stereocenters. The van der Waals surface area contributed by atoms with Gasteiger partial charge in [0.25, 0.3) is 0 Å².